The van der Waals surface area contributed by atoms with E-state index in [1.165, 1.54) is 12.1 Å². The van der Waals surface area contributed by atoms with E-state index in [2.05, 4.69) is 21.2 Å². The van der Waals surface area contributed by atoms with Gasteiger partial charge in [-0.15, -0.1) is 0 Å². The van der Waals surface area contributed by atoms with Gasteiger partial charge in [0, 0.05) is 13.7 Å². The van der Waals surface area contributed by atoms with Crippen molar-refractivity contribution in [1.29, 1.82) is 0 Å². The van der Waals surface area contributed by atoms with Gasteiger partial charge >= 0.3 is 5.97 Å². The molecule has 1 aromatic rings. The van der Waals surface area contributed by atoms with Gasteiger partial charge in [0.05, 0.1) is 21.3 Å². The highest BCUT2D eigenvalue weighted by atomic mass is 79.9. The molecular formula is C13H15BrFNO3. The molecule has 4 nitrogen and oxygen atoms in total. The van der Waals surface area contributed by atoms with E-state index in [0.29, 0.717) is 6.54 Å². The average molecular weight is 332 g/mol. The Morgan fingerprint density at radius 2 is 2.26 bits per heavy atom. The predicted molar refractivity (Wildman–Crippen MR) is 73.1 cm³/mol. The van der Waals surface area contributed by atoms with Crippen LogP contribution >= 0.6 is 15.9 Å². The van der Waals surface area contributed by atoms with E-state index >= 15 is 0 Å². The summed E-state index contributed by atoms with van der Waals surface area (Å²) in [4.78, 5) is 10.9. The first-order chi connectivity index (χ1) is 8.99. The summed E-state index contributed by atoms with van der Waals surface area (Å²) < 4.78 is 19.4. The largest absolute Gasteiger partial charge is 0.478 e. The molecule has 1 saturated carbocycles. The maximum atomic E-state index is 14.0. The molecule has 19 heavy (non-hydrogen) atoms. The van der Waals surface area contributed by atoms with Crippen molar-refractivity contribution in [2.45, 2.75) is 24.9 Å². The van der Waals surface area contributed by atoms with Crippen molar-refractivity contribution in [3.63, 3.8) is 0 Å². The molecule has 0 radical (unpaired) electrons. The zero-order valence-corrected chi connectivity index (χ0v) is 12.1. The normalized spacial score (nSPS) is 16.8. The topological polar surface area (TPSA) is 58.6 Å². The van der Waals surface area contributed by atoms with Crippen molar-refractivity contribution >= 4 is 27.6 Å². The third-order valence-electron chi connectivity index (χ3n) is 3.61. The molecule has 1 aliphatic rings. The van der Waals surface area contributed by atoms with Gasteiger partial charge < -0.3 is 15.2 Å². The first-order valence-electron chi connectivity index (χ1n) is 5.99. The fraction of sp³-hybridized carbons (Fsp3) is 0.462. The van der Waals surface area contributed by atoms with Crippen molar-refractivity contribution in [1.82, 2.24) is 0 Å². The molecule has 1 fully saturated rings. The van der Waals surface area contributed by atoms with Crippen LogP contribution in [0.25, 0.3) is 0 Å². The number of methoxy groups -OCH3 is 1. The first kappa shape index (κ1) is 14.3. The van der Waals surface area contributed by atoms with Crippen molar-refractivity contribution in [3.05, 3.63) is 28.0 Å². The Morgan fingerprint density at radius 3 is 2.74 bits per heavy atom. The van der Waals surface area contributed by atoms with E-state index in [-0.39, 0.29) is 21.3 Å². The van der Waals surface area contributed by atoms with E-state index in [0.717, 1.165) is 19.3 Å². The lowest BCUT2D eigenvalue weighted by atomic mass is 9.80. The number of nitrogens with one attached hydrogen (secondary N) is 1. The molecule has 0 atom stereocenters. The second kappa shape index (κ2) is 5.46. The number of hydrogen-bond donors (Lipinski definition) is 2. The minimum Gasteiger partial charge on any atom is -0.478 e. The molecule has 0 heterocycles. The fourth-order valence-electron chi connectivity index (χ4n) is 2.13. The van der Waals surface area contributed by atoms with Gasteiger partial charge in [-0.3, -0.25) is 0 Å². The van der Waals surface area contributed by atoms with Crippen LogP contribution in [0.2, 0.25) is 0 Å². The summed E-state index contributed by atoms with van der Waals surface area (Å²) in [7, 11) is 1.65. The van der Waals surface area contributed by atoms with E-state index in [4.69, 9.17) is 9.84 Å². The van der Waals surface area contributed by atoms with Crippen LogP contribution in [0.15, 0.2) is 16.6 Å². The lowest BCUT2D eigenvalue weighted by Gasteiger charge is -2.40. The molecule has 0 aliphatic heterocycles. The van der Waals surface area contributed by atoms with Crippen molar-refractivity contribution in [2.24, 2.45) is 0 Å². The maximum Gasteiger partial charge on any atom is 0.336 e. The maximum absolute atomic E-state index is 14.0. The third-order valence-corrected chi connectivity index (χ3v) is 4.39. The molecule has 0 aromatic heterocycles. The molecule has 2 rings (SSSR count). The zero-order valence-electron chi connectivity index (χ0n) is 10.5. The van der Waals surface area contributed by atoms with E-state index in [9.17, 15) is 9.18 Å². The summed E-state index contributed by atoms with van der Waals surface area (Å²) in [5.41, 5.74) is -0.0296. The van der Waals surface area contributed by atoms with Crippen molar-refractivity contribution in [2.75, 3.05) is 19.0 Å². The number of aromatic carboxylic acids is 1. The van der Waals surface area contributed by atoms with Gasteiger partial charge in [0.1, 0.15) is 0 Å². The summed E-state index contributed by atoms with van der Waals surface area (Å²) in [5, 5.41) is 11.9. The quantitative estimate of drug-likeness (QED) is 0.869. The Morgan fingerprint density at radius 1 is 1.58 bits per heavy atom. The van der Waals surface area contributed by atoms with E-state index in [1.807, 2.05) is 0 Å². The highest BCUT2D eigenvalue weighted by Gasteiger charge is 2.36. The highest BCUT2D eigenvalue weighted by Crippen LogP contribution is 2.36. The Hall–Kier alpha value is -1.14. The van der Waals surface area contributed by atoms with Gasteiger partial charge in [0.25, 0.3) is 0 Å². The average Bonchev–Trinajstić information content (AvgIpc) is 2.33. The van der Waals surface area contributed by atoms with Crippen LogP contribution in [0.1, 0.15) is 29.6 Å². The smallest absolute Gasteiger partial charge is 0.336 e. The Bertz CT molecular complexity index is 497. The predicted octanol–water partition coefficient (Wildman–Crippen LogP) is 3.27. The third kappa shape index (κ3) is 2.74. The van der Waals surface area contributed by atoms with Crippen molar-refractivity contribution in [3.8, 4) is 0 Å². The molecule has 1 aliphatic carbocycles. The molecule has 1 aromatic carbocycles. The summed E-state index contributed by atoms with van der Waals surface area (Å²) >= 11 is 2.97. The van der Waals surface area contributed by atoms with Gasteiger partial charge in [-0.2, -0.15) is 0 Å². The highest BCUT2D eigenvalue weighted by molar-refractivity contribution is 9.10. The van der Waals surface area contributed by atoms with Gasteiger partial charge in [-0.1, -0.05) is 0 Å². The molecule has 2 N–H and O–H groups in total. The van der Waals surface area contributed by atoms with Crippen LogP contribution in [0, 0.1) is 5.82 Å². The number of hydrogen-bond acceptors (Lipinski definition) is 3. The summed E-state index contributed by atoms with van der Waals surface area (Å²) in [6, 6.07) is 2.81. The molecule has 0 bridgehead atoms. The van der Waals surface area contributed by atoms with Gasteiger partial charge in [-0.25, -0.2) is 9.18 Å². The number of halogens is 2. The van der Waals surface area contributed by atoms with Crippen LogP contribution in [0.5, 0.6) is 0 Å². The van der Waals surface area contributed by atoms with Crippen LogP contribution in [-0.2, 0) is 4.74 Å². The number of rotatable bonds is 5. The Labute approximate surface area is 119 Å². The second-order valence-electron chi connectivity index (χ2n) is 4.69. The Kier molecular flexibility index (Phi) is 4.10. The van der Waals surface area contributed by atoms with Crippen LogP contribution < -0.4 is 5.32 Å². The van der Waals surface area contributed by atoms with E-state index < -0.39 is 11.8 Å². The number of anilines is 1. The molecule has 0 saturated heterocycles. The van der Waals surface area contributed by atoms with Crippen LogP contribution in [0.4, 0.5) is 10.1 Å². The molecule has 104 valence electrons. The first-order valence-corrected chi connectivity index (χ1v) is 6.79. The number of carboxylic acid groups (broad SMARTS) is 1. The van der Waals surface area contributed by atoms with Gasteiger partial charge in [0.15, 0.2) is 5.82 Å². The molecule has 0 spiro atoms. The van der Waals surface area contributed by atoms with E-state index in [1.54, 1.807) is 7.11 Å². The minimum atomic E-state index is -1.16. The number of carbonyl (C=O) groups is 1. The molecule has 0 unspecified atom stereocenters. The molecule has 6 heteroatoms. The Balaban J connectivity index is 2.13. The summed E-state index contributed by atoms with van der Waals surface area (Å²) in [6.07, 6.45) is 3.01. The number of benzene rings is 1. The lowest BCUT2D eigenvalue weighted by molar-refractivity contribution is -0.0601. The second-order valence-corrected chi connectivity index (χ2v) is 5.48. The standard InChI is InChI=1S/C13H15BrFNO3/c1-19-13(5-2-6-13)7-16-9-4-3-8(12(17)18)10(14)11(9)15/h3-4,16H,2,5-7H2,1H3,(H,17,18). The lowest BCUT2D eigenvalue weighted by Crippen LogP contribution is -2.45. The monoisotopic (exact) mass is 331 g/mol. The summed E-state index contributed by atoms with van der Waals surface area (Å²) in [6.45, 7) is 0.513. The summed E-state index contributed by atoms with van der Waals surface area (Å²) in [5.74, 6) is -1.75. The zero-order chi connectivity index (χ0) is 14.0. The van der Waals surface area contributed by atoms with Gasteiger partial charge in [0.2, 0.25) is 0 Å². The number of ether oxygens (including phenoxy) is 1. The number of carboxylic acids is 1. The minimum absolute atomic E-state index is 0.0370. The fourth-order valence-corrected chi connectivity index (χ4v) is 2.65. The van der Waals surface area contributed by atoms with Crippen molar-refractivity contribution < 1.29 is 19.0 Å². The molecular weight excluding hydrogens is 317 g/mol. The van der Waals surface area contributed by atoms with Crippen LogP contribution in [0.3, 0.4) is 0 Å². The SMILES string of the molecule is COC1(CNc2ccc(C(=O)O)c(Br)c2F)CCC1. The van der Waals surface area contributed by atoms with Gasteiger partial charge in [-0.05, 0) is 47.3 Å². The molecule has 0 amide bonds. The van der Waals surface area contributed by atoms with Crippen LogP contribution in [-0.4, -0.2) is 30.3 Å².